The Morgan fingerprint density at radius 1 is 1.27 bits per heavy atom. The topological polar surface area (TPSA) is 118 Å². The number of hydrogen-bond acceptors (Lipinski definition) is 2. The molecule has 0 aliphatic carbocycles. The van der Waals surface area contributed by atoms with E-state index in [1.807, 2.05) is 24.3 Å². The van der Waals surface area contributed by atoms with Crippen LogP contribution in [-0.2, 0) is 0 Å². The zero-order valence-corrected chi connectivity index (χ0v) is 7.94. The number of guanidine groups is 1. The number of benzene rings is 1. The van der Waals surface area contributed by atoms with Crippen LogP contribution in [0.3, 0.4) is 0 Å². The molecule has 0 saturated heterocycles. The predicted octanol–water partition coefficient (Wildman–Crippen LogP) is -0.0924. The van der Waals surface area contributed by atoms with Gasteiger partial charge < -0.3 is 10.7 Å². The number of aromatic nitrogens is 1. The molecule has 0 bridgehead atoms. The van der Waals surface area contributed by atoms with Gasteiger partial charge in [-0.3, -0.25) is 11.1 Å². The van der Waals surface area contributed by atoms with E-state index in [0.29, 0.717) is 11.6 Å². The Hall–Kier alpha value is -2.37. The van der Waals surface area contributed by atoms with E-state index in [1.54, 1.807) is 0 Å². The van der Waals surface area contributed by atoms with Crippen LogP contribution in [0.25, 0.3) is 10.8 Å². The lowest BCUT2D eigenvalue weighted by molar-refractivity contribution is -0.117. The Morgan fingerprint density at radius 3 is 2.60 bits per heavy atom. The van der Waals surface area contributed by atoms with Crippen LogP contribution in [0.15, 0.2) is 34.5 Å². The van der Waals surface area contributed by atoms with E-state index in [9.17, 15) is 0 Å². The molecule has 15 heavy (non-hydrogen) atoms. The number of aromatic amines is 1. The van der Waals surface area contributed by atoms with Gasteiger partial charge in [0.15, 0.2) is 5.82 Å². The molecule has 7 N–H and O–H groups in total. The average molecular weight is 203 g/mol. The Bertz CT molecular complexity index is 539. The van der Waals surface area contributed by atoms with E-state index < -0.39 is 0 Å². The van der Waals surface area contributed by atoms with Crippen molar-refractivity contribution in [2.45, 2.75) is 0 Å². The summed E-state index contributed by atoms with van der Waals surface area (Å²) in [6.45, 7) is 0. The molecule has 0 radical (unpaired) electrons. The third-order valence-corrected chi connectivity index (χ3v) is 1.99. The molecule has 0 spiro atoms. The van der Waals surface area contributed by atoms with Gasteiger partial charge >= 0.3 is 5.96 Å². The van der Waals surface area contributed by atoms with Crippen LogP contribution >= 0.6 is 0 Å². The van der Waals surface area contributed by atoms with Crippen LogP contribution in [0.1, 0.15) is 0 Å². The molecule has 1 heterocycles. The molecule has 6 heteroatoms. The van der Waals surface area contributed by atoms with Crippen molar-refractivity contribution in [1.82, 2.24) is 4.98 Å². The van der Waals surface area contributed by atoms with E-state index in [1.165, 1.54) is 0 Å². The molecule has 0 amide bonds. The summed E-state index contributed by atoms with van der Waals surface area (Å²) in [5, 5.41) is 14.4. The largest absolute Gasteiger partial charge is 0.403 e. The normalized spacial score (nSPS) is 11.2. The van der Waals surface area contributed by atoms with Gasteiger partial charge in [0.05, 0.1) is 0 Å². The molecule has 76 valence electrons. The quantitative estimate of drug-likeness (QED) is 0.294. The minimum Gasteiger partial charge on any atom is -0.385 e. The van der Waals surface area contributed by atoms with E-state index in [4.69, 9.17) is 16.9 Å². The highest BCUT2D eigenvalue weighted by Crippen LogP contribution is 2.29. The van der Waals surface area contributed by atoms with Gasteiger partial charge in [0.25, 0.3) is 0 Å². The maximum atomic E-state index is 5.76. The third kappa shape index (κ3) is 1.64. The summed E-state index contributed by atoms with van der Waals surface area (Å²) in [6.07, 6.45) is 0. The molecule has 0 aliphatic rings. The van der Waals surface area contributed by atoms with Crippen molar-refractivity contribution in [1.29, 1.82) is 0 Å². The number of nitrogens with zero attached hydrogens (tertiary/aromatic N) is 2. The van der Waals surface area contributed by atoms with Crippen molar-refractivity contribution in [3.8, 4) is 0 Å². The summed E-state index contributed by atoms with van der Waals surface area (Å²) in [7, 11) is 0. The molecule has 1 aromatic carbocycles. The van der Waals surface area contributed by atoms with Crippen LogP contribution in [0, 0.1) is 0 Å². The first-order valence-electron chi connectivity index (χ1n) is 4.34. The minimum absolute atomic E-state index is 0.0905. The standard InChI is InChI=1S/C9H10N6/c10-7-5-3-1-2-4-6(5)8(13-7)14-15-9(11)12/h1-4,13H,10H2,(H3,11,12)/p+1/b15-14+. The van der Waals surface area contributed by atoms with Crippen molar-refractivity contribution in [2.24, 2.45) is 16.0 Å². The Balaban J connectivity index is 2.57. The van der Waals surface area contributed by atoms with Gasteiger partial charge in [0.2, 0.25) is 0 Å². The van der Waals surface area contributed by atoms with Crippen molar-refractivity contribution >= 4 is 28.4 Å². The number of nitrogen functional groups attached to an aromatic ring is 1. The summed E-state index contributed by atoms with van der Waals surface area (Å²) in [4.78, 5) is 2.90. The van der Waals surface area contributed by atoms with Gasteiger partial charge in [-0.15, -0.1) is 0 Å². The van der Waals surface area contributed by atoms with Crippen LogP contribution in [0.5, 0.6) is 0 Å². The van der Waals surface area contributed by atoms with Crippen molar-refractivity contribution in [3.05, 3.63) is 24.3 Å². The summed E-state index contributed by atoms with van der Waals surface area (Å²) >= 11 is 0. The predicted molar refractivity (Wildman–Crippen MR) is 58.3 cm³/mol. The molecule has 0 atom stereocenters. The monoisotopic (exact) mass is 203 g/mol. The van der Waals surface area contributed by atoms with Crippen LogP contribution in [-0.4, -0.2) is 10.9 Å². The summed E-state index contributed by atoms with van der Waals surface area (Å²) in [5.41, 5.74) is 10.9. The Kier molecular flexibility index (Phi) is 2.09. The van der Waals surface area contributed by atoms with Gasteiger partial charge in [-0.1, -0.05) is 29.4 Å². The van der Waals surface area contributed by atoms with Gasteiger partial charge in [0, 0.05) is 15.9 Å². The molecular weight excluding hydrogens is 192 g/mol. The van der Waals surface area contributed by atoms with E-state index in [2.05, 4.69) is 15.2 Å². The molecule has 0 fully saturated rings. The SMILES string of the molecule is NC(=[NH2+])/N=N/c1[nH]c(N)c2ccccc12. The smallest absolute Gasteiger partial charge is 0.385 e. The molecule has 1 aromatic heterocycles. The van der Waals surface area contributed by atoms with Crippen LogP contribution in [0.4, 0.5) is 11.6 Å². The zero-order valence-electron chi connectivity index (χ0n) is 7.94. The van der Waals surface area contributed by atoms with E-state index >= 15 is 0 Å². The molecule has 6 nitrogen and oxygen atoms in total. The number of anilines is 1. The first-order valence-corrected chi connectivity index (χ1v) is 4.34. The maximum absolute atomic E-state index is 5.76. The van der Waals surface area contributed by atoms with Gasteiger partial charge in [-0.05, 0) is 0 Å². The fraction of sp³-hybridized carbons (Fsp3) is 0. The number of H-pyrrole nitrogens is 1. The Labute approximate surface area is 85.5 Å². The molecule has 0 aliphatic heterocycles. The van der Waals surface area contributed by atoms with Gasteiger partial charge in [0.1, 0.15) is 5.82 Å². The summed E-state index contributed by atoms with van der Waals surface area (Å²) < 4.78 is 0. The van der Waals surface area contributed by atoms with E-state index in [0.717, 1.165) is 10.8 Å². The molecular formula is C9H11N6+. The second kappa shape index (κ2) is 3.41. The third-order valence-electron chi connectivity index (χ3n) is 1.99. The van der Waals surface area contributed by atoms with Crippen molar-refractivity contribution in [3.63, 3.8) is 0 Å². The number of rotatable bonds is 1. The number of azo groups is 1. The first kappa shape index (κ1) is 9.20. The highest BCUT2D eigenvalue weighted by atomic mass is 15.2. The second-order valence-corrected chi connectivity index (χ2v) is 3.06. The number of fused-ring (bicyclic) bond motifs is 1. The fourth-order valence-electron chi connectivity index (χ4n) is 1.37. The molecule has 0 saturated carbocycles. The van der Waals surface area contributed by atoms with Crippen LogP contribution < -0.4 is 16.9 Å². The number of nitrogens with two attached hydrogens (primary N) is 3. The number of hydrogen-bond donors (Lipinski definition) is 4. The lowest BCUT2D eigenvalue weighted by Gasteiger charge is -1.87. The Morgan fingerprint density at radius 2 is 1.93 bits per heavy atom. The lowest BCUT2D eigenvalue weighted by atomic mass is 10.2. The van der Waals surface area contributed by atoms with E-state index in [-0.39, 0.29) is 5.96 Å². The highest BCUT2D eigenvalue weighted by Gasteiger charge is 2.07. The van der Waals surface area contributed by atoms with Gasteiger partial charge in [-0.25, -0.2) is 0 Å². The van der Waals surface area contributed by atoms with Gasteiger partial charge in [-0.2, -0.15) is 0 Å². The lowest BCUT2D eigenvalue weighted by Crippen LogP contribution is -2.43. The zero-order chi connectivity index (χ0) is 10.8. The summed E-state index contributed by atoms with van der Waals surface area (Å²) in [5.74, 6) is 1.01. The molecule has 2 rings (SSSR count). The van der Waals surface area contributed by atoms with Crippen molar-refractivity contribution in [2.75, 3.05) is 5.73 Å². The minimum atomic E-state index is -0.0905. The molecule has 2 aromatic rings. The van der Waals surface area contributed by atoms with Crippen LogP contribution in [0.2, 0.25) is 0 Å². The average Bonchev–Trinajstić information content (AvgIpc) is 2.54. The second-order valence-electron chi connectivity index (χ2n) is 3.06. The molecule has 0 unspecified atom stereocenters. The maximum Gasteiger partial charge on any atom is 0.403 e. The number of nitrogens with one attached hydrogen (secondary N) is 1. The van der Waals surface area contributed by atoms with Crippen molar-refractivity contribution < 1.29 is 5.41 Å². The fourth-order valence-corrected chi connectivity index (χ4v) is 1.37. The highest BCUT2D eigenvalue weighted by molar-refractivity contribution is 5.99. The first-order chi connectivity index (χ1) is 7.18. The summed E-state index contributed by atoms with van der Waals surface area (Å²) in [6, 6.07) is 7.58.